The lowest BCUT2D eigenvalue weighted by atomic mass is 10.1. The number of aliphatic carboxylic acids is 1. The molecule has 0 bridgehead atoms. The van der Waals surface area contributed by atoms with E-state index in [0.29, 0.717) is 5.75 Å². The Labute approximate surface area is 164 Å². The van der Waals surface area contributed by atoms with Gasteiger partial charge >= 0.3 is 5.97 Å². The second-order valence-corrected chi connectivity index (χ2v) is 7.24. The van der Waals surface area contributed by atoms with Crippen molar-refractivity contribution in [3.05, 3.63) is 60.0 Å². The minimum absolute atomic E-state index is 0.578. The lowest BCUT2D eigenvalue weighted by Crippen LogP contribution is -2.37. The van der Waals surface area contributed by atoms with Crippen molar-refractivity contribution in [2.45, 2.75) is 38.7 Å². The summed E-state index contributed by atoms with van der Waals surface area (Å²) >= 11 is 0. The van der Waals surface area contributed by atoms with Gasteiger partial charge in [0.2, 0.25) is 0 Å². The number of para-hydroxylation sites is 2. The quantitative estimate of drug-likeness (QED) is 0.518. The van der Waals surface area contributed by atoms with Crippen LogP contribution in [0.15, 0.2) is 52.9 Å². The molecule has 0 radical (unpaired) electrons. The Hall–Kier alpha value is -2.86. The molecule has 0 amide bonds. The number of carboxylic acids is 1. The van der Waals surface area contributed by atoms with Gasteiger partial charge in [0.05, 0.1) is 0 Å². The second-order valence-electron chi connectivity index (χ2n) is 7.24. The van der Waals surface area contributed by atoms with E-state index in [9.17, 15) is 9.90 Å². The van der Waals surface area contributed by atoms with E-state index in [-0.39, 0.29) is 0 Å². The van der Waals surface area contributed by atoms with Crippen molar-refractivity contribution in [1.82, 2.24) is 10.3 Å². The van der Waals surface area contributed by atoms with E-state index in [1.54, 1.807) is 19.9 Å². The molecule has 0 aliphatic rings. The highest BCUT2D eigenvalue weighted by Gasteiger charge is 2.29. The van der Waals surface area contributed by atoms with Gasteiger partial charge in [-0.05, 0) is 63.1 Å². The number of aryl methyl sites for hydroxylation is 1. The highest BCUT2D eigenvalue weighted by molar-refractivity contribution is 5.76. The summed E-state index contributed by atoms with van der Waals surface area (Å²) in [6, 6.07) is 15.4. The SMILES string of the molecule is CC(C)(Oc1cccc(CCCNCCc2nc3ccccc3o2)c1)C(=O)O. The highest BCUT2D eigenvalue weighted by Crippen LogP contribution is 2.20. The predicted octanol–water partition coefficient (Wildman–Crippen LogP) is 3.83. The Bertz CT molecular complexity index is 900. The number of carbonyl (C=O) groups is 1. The fourth-order valence-corrected chi connectivity index (χ4v) is 2.87. The summed E-state index contributed by atoms with van der Waals surface area (Å²) in [6.07, 6.45) is 2.61. The number of benzene rings is 2. The van der Waals surface area contributed by atoms with E-state index < -0.39 is 11.6 Å². The van der Waals surface area contributed by atoms with Crippen molar-refractivity contribution in [3.63, 3.8) is 0 Å². The minimum atomic E-state index is -1.25. The largest absolute Gasteiger partial charge is 0.478 e. The first-order valence-electron chi connectivity index (χ1n) is 9.50. The fraction of sp³-hybridized carbons (Fsp3) is 0.364. The molecule has 6 heteroatoms. The van der Waals surface area contributed by atoms with Gasteiger partial charge in [0.25, 0.3) is 0 Å². The van der Waals surface area contributed by atoms with E-state index in [4.69, 9.17) is 9.15 Å². The summed E-state index contributed by atoms with van der Waals surface area (Å²) in [5, 5.41) is 12.6. The molecular weight excluding hydrogens is 356 g/mol. The van der Waals surface area contributed by atoms with Crippen LogP contribution in [-0.2, 0) is 17.6 Å². The van der Waals surface area contributed by atoms with Crippen LogP contribution < -0.4 is 10.1 Å². The van der Waals surface area contributed by atoms with Crippen LogP contribution in [0.4, 0.5) is 0 Å². The van der Waals surface area contributed by atoms with E-state index in [1.165, 1.54) is 0 Å². The van der Waals surface area contributed by atoms with Crippen LogP contribution in [0.5, 0.6) is 5.75 Å². The smallest absolute Gasteiger partial charge is 0.347 e. The van der Waals surface area contributed by atoms with E-state index in [0.717, 1.165) is 54.9 Å². The van der Waals surface area contributed by atoms with Crippen LogP contribution in [0.3, 0.4) is 0 Å². The molecule has 0 saturated heterocycles. The number of nitrogens with one attached hydrogen (secondary N) is 1. The lowest BCUT2D eigenvalue weighted by Gasteiger charge is -2.21. The average molecular weight is 382 g/mol. The Kier molecular flexibility index (Phi) is 6.31. The minimum Gasteiger partial charge on any atom is -0.478 e. The van der Waals surface area contributed by atoms with Crippen molar-refractivity contribution in [2.24, 2.45) is 0 Å². The number of ether oxygens (including phenoxy) is 1. The van der Waals surface area contributed by atoms with E-state index in [1.807, 2.05) is 42.5 Å². The first-order chi connectivity index (χ1) is 13.4. The van der Waals surface area contributed by atoms with Gasteiger partial charge in [0.1, 0.15) is 11.3 Å². The zero-order valence-electron chi connectivity index (χ0n) is 16.3. The van der Waals surface area contributed by atoms with Gasteiger partial charge in [-0.1, -0.05) is 24.3 Å². The van der Waals surface area contributed by atoms with Gasteiger partial charge in [-0.15, -0.1) is 0 Å². The Morgan fingerprint density at radius 3 is 2.75 bits per heavy atom. The highest BCUT2D eigenvalue weighted by atomic mass is 16.5. The molecule has 0 atom stereocenters. The zero-order chi connectivity index (χ0) is 20.0. The van der Waals surface area contributed by atoms with Crippen LogP contribution in [0.25, 0.3) is 11.1 Å². The third-order valence-electron chi connectivity index (χ3n) is 4.46. The maximum Gasteiger partial charge on any atom is 0.347 e. The first kappa shape index (κ1) is 19.9. The average Bonchev–Trinajstić information content (AvgIpc) is 3.07. The number of hydrogen-bond donors (Lipinski definition) is 2. The molecule has 0 fully saturated rings. The number of oxazole rings is 1. The molecular formula is C22H26N2O4. The van der Waals surface area contributed by atoms with Crippen molar-refractivity contribution in [2.75, 3.05) is 13.1 Å². The standard InChI is InChI=1S/C22H26N2O4/c1-22(2,21(25)26)28-17-9-5-7-16(15-17)8-6-13-23-14-12-20-24-18-10-3-4-11-19(18)27-20/h3-5,7,9-11,15,23H,6,8,12-14H2,1-2H3,(H,25,26). The van der Waals surface area contributed by atoms with Crippen LogP contribution in [0, 0.1) is 0 Å². The van der Waals surface area contributed by atoms with Crippen LogP contribution in [0.1, 0.15) is 31.7 Å². The summed E-state index contributed by atoms with van der Waals surface area (Å²) in [4.78, 5) is 15.7. The molecule has 0 spiro atoms. The molecule has 0 aliphatic carbocycles. The third kappa shape index (κ3) is 5.33. The maximum absolute atomic E-state index is 11.2. The summed E-state index contributed by atoms with van der Waals surface area (Å²) in [7, 11) is 0. The van der Waals surface area contributed by atoms with Gasteiger partial charge < -0.3 is 19.6 Å². The van der Waals surface area contributed by atoms with E-state index in [2.05, 4.69) is 10.3 Å². The van der Waals surface area contributed by atoms with Gasteiger partial charge in [-0.25, -0.2) is 9.78 Å². The van der Waals surface area contributed by atoms with Crippen molar-refractivity contribution in [3.8, 4) is 5.75 Å². The Morgan fingerprint density at radius 1 is 1.14 bits per heavy atom. The maximum atomic E-state index is 11.2. The molecule has 1 heterocycles. The number of fused-ring (bicyclic) bond motifs is 1. The molecule has 0 aliphatic heterocycles. The molecule has 0 unspecified atom stereocenters. The van der Waals surface area contributed by atoms with Crippen LogP contribution in [-0.4, -0.2) is 34.8 Å². The number of hydrogen-bond acceptors (Lipinski definition) is 5. The molecule has 6 nitrogen and oxygen atoms in total. The topological polar surface area (TPSA) is 84.6 Å². The number of nitrogens with zero attached hydrogens (tertiary/aromatic N) is 1. The summed E-state index contributed by atoms with van der Waals surface area (Å²) in [5.74, 6) is 0.342. The molecule has 28 heavy (non-hydrogen) atoms. The van der Waals surface area contributed by atoms with Gasteiger partial charge in [0, 0.05) is 13.0 Å². The van der Waals surface area contributed by atoms with Gasteiger partial charge in [-0.2, -0.15) is 0 Å². The molecule has 3 aromatic rings. The number of aromatic nitrogens is 1. The predicted molar refractivity (Wildman–Crippen MR) is 108 cm³/mol. The second kappa shape index (κ2) is 8.89. The number of rotatable bonds is 10. The summed E-state index contributed by atoms with van der Waals surface area (Å²) < 4.78 is 11.3. The van der Waals surface area contributed by atoms with Gasteiger partial charge in [0.15, 0.2) is 17.1 Å². The normalized spacial score (nSPS) is 11.6. The molecule has 2 N–H and O–H groups in total. The fourth-order valence-electron chi connectivity index (χ4n) is 2.87. The van der Waals surface area contributed by atoms with Gasteiger partial charge in [-0.3, -0.25) is 0 Å². The van der Waals surface area contributed by atoms with E-state index >= 15 is 0 Å². The summed E-state index contributed by atoms with van der Waals surface area (Å²) in [6.45, 7) is 4.78. The lowest BCUT2D eigenvalue weighted by molar-refractivity contribution is -0.152. The van der Waals surface area contributed by atoms with Crippen LogP contribution >= 0.6 is 0 Å². The number of carboxylic acid groups (broad SMARTS) is 1. The Balaban J connectivity index is 1.39. The Morgan fingerprint density at radius 2 is 1.96 bits per heavy atom. The van der Waals surface area contributed by atoms with Crippen LogP contribution in [0.2, 0.25) is 0 Å². The molecule has 2 aromatic carbocycles. The third-order valence-corrected chi connectivity index (χ3v) is 4.46. The monoisotopic (exact) mass is 382 g/mol. The molecule has 0 saturated carbocycles. The molecule has 148 valence electrons. The molecule has 3 rings (SSSR count). The zero-order valence-corrected chi connectivity index (χ0v) is 16.3. The first-order valence-corrected chi connectivity index (χ1v) is 9.50. The molecule has 1 aromatic heterocycles. The summed E-state index contributed by atoms with van der Waals surface area (Å²) in [5.41, 5.74) is 1.60. The van der Waals surface area contributed by atoms with Crippen molar-refractivity contribution >= 4 is 17.1 Å². The van der Waals surface area contributed by atoms with Crippen molar-refractivity contribution < 1.29 is 19.1 Å². The van der Waals surface area contributed by atoms with Crippen molar-refractivity contribution in [1.29, 1.82) is 0 Å².